The largest absolute Gasteiger partial charge is 0.495 e. The minimum atomic E-state index is -0.329. The number of nitrogens with zero attached hydrogens (tertiary/aromatic N) is 2. The molecule has 0 saturated carbocycles. The minimum absolute atomic E-state index is 0.174. The maximum atomic E-state index is 13.3. The van der Waals surface area contributed by atoms with Crippen molar-refractivity contribution >= 4 is 29.0 Å². The topological polar surface area (TPSA) is 95.2 Å². The fourth-order valence-electron chi connectivity index (χ4n) is 4.72. The molecule has 0 radical (unpaired) electrons. The van der Waals surface area contributed by atoms with Crippen LogP contribution in [0.1, 0.15) is 29.3 Å². The smallest absolute Gasteiger partial charge is 0.319 e. The van der Waals surface area contributed by atoms with E-state index in [9.17, 15) is 9.59 Å². The van der Waals surface area contributed by atoms with Gasteiger partial charge >= 0.3 is 6.03 Å². The first-order valence-corrected chi connectivity index (χ1v) is 13.8. The van der Waals surface area contributed by atoms with E-state index in [4.69, 9.17) is 9.47 Å². The minimum Gasteiger partial charge on any atom is -0.495 e. The molecule has 1 heterocycles. The second-order valence-electron chi connectivity index (χ2n) is 9.48. The number of benzene rings is 3. The lowest BCUT2D eigenvalue weighted by atomic mass is 10.1. The Morgan fingerprint density at radius 3 is 2.27 bits per heavy atom. The summed E-state index contributed by atoms with van der Waals surface area (Å²) in [6.07, 6.45) is 0.729. The second-order valence-corrected chi connectivity index (χ2v) is 9.48. The second kappa shape index (κ2) is 14.8. The molecule has 1 fully saturated rings. The van der Waals surface area contributed by atoms with Gasteiger partial charge in [0.05, 0.1) is 18.4 Å². The van der Waals surface area contributed by atoms with Crippen LogP contribution in [0.25, 0.3) is 0 Å². The Morgan fingerprint density at radius 1 is 0.850 bits per heavy atom. The van der Waals surface area contributed by atoms with Crippen molar-refractivity contribution in [1.29, 1.82) is 0 Å². The first kappa shape index (κ1) is 28.8. The highest BCUT2D eigenvalue weighted by Crippen LogP contribution is 2.31. The van der Waals surface area contributed by atoms with Crippen LogP contribution < -0.4 is 30.5 Å². The number of methoxy groups -OCH3 is 1. The molecule has 0 spiro atoms. The molecule has 1 saturated heterocycles. The van der Waals surface area contributed by atoms with Crippen LogP contribution in [0.2, 0.25) is 0 Å². The van der Waals surface area contributed by atoms with Gasteiger partial charge in [0.25, 0.3) is 5.91 Å². The summed E-state index contributed by atoms with van der Waals surface area (Å²) < 4.78 is 10.9. The van der Waals surface area contributed by atoms with Gasteiger partial charge in [-0.25, -0.2) is 4.79 Å². The molecular formula is C31H39N5O4. The van der Waals surface area contributed by atoms with E-state index in [1.54, 1.807) is 13.2 Å². The predicted molar refractivity (Wildman–Crippen MR) is 160 cm³/mol. The standard InChI is InChI=1S/C31H39N5O4/c1-3-40-21-9-16-32-30(37)26-22-25(34-31(38)33-23-24-10-5-4-6-11-24)14-15-27(26)35-17-19-36(20-18-35)28-12-7-8-13-29(28)39-2/h4-8,10-15,22H,3,9,16-21,23H2,1-2H3,(H,32,37)(H2,33,34,38). The Kier molecular flexibility index (Phi) is 10.6. The van der Waals surface area contributed by atoms with Crippen LogP contribution in [0, 0.1) is 0 Å². The van der Waals surface area contributed by atoms with E-state index in [1.165, 1.54) is 0 Å². The summed E-state index contributed by atoms with van der Waals surface area (Å²) in [7, 11) is 1.69. The summed E-state index contributed by atoms with van der Waals surface area (Å²) in [4.78, 5) is 30.4. The summed E-state index contributed by atoms with van der Waals surface area (Å²) >= 11 is 0. The number of anilines is 3. The summed E-state index contributed by atoms with van der Waals surface area (Å²) in [5.74, 6) is 0.677. The molecule has 1 aliphatic rings. The van der Waals surface area contributed by atoms with Crippen LogP contribution in [0.4, 0.5) is 21.9 Å². The van der Waals surface area contributed by atoms with Gasteiger partial charge in [0.1, 0.15) is 5.75 Å². The van der Waals surface area contributed by atoms with Crippen LogP contribution >= 0.6 is 0 Å². The molecule has 0 unspecified atom stereocenters. The van der Waals surface area contributed by atoms with E-state index in [-0.39, 0.29) is 11.9 Å². The molecule has 3 aromatic carbocycles. The summed E-state index contributed by atoms with van der Waals surface area (Å²) in [6.45, 7) is 7.18. The van der Waals surface area contributed by atoms with Gasteiger partial charge in [0.15, 0.2) is 0 Å². The zero-order valence-electron chi connectivity index (χ0n) is 23.3. The maximum absolute atomic E-state index is 13.3. The zero-order valence-corrected chi connectivity index (χ0v) is 23.3. The maximum Gasteiger partial charge on any atom is 0.319 e. The van der Waals surface area contributed by atoms with Crippen molar-refractivity contribution in [2.24, 2.45) is 0 Å². The third-order valence-electron chi connectivity index (χ3n) is 6.80. The lowest BCUT2D eigenvalue weighted by Gasteiger charge is -2.38. The van der Waals surface area contributed by atoms with Crippen molar-refractivity contribution in [2.75, 3.05) is 68.2 Å². The monoisotopic (exact) mass is 545 g/mol. The number of nitrogens with one attached hydrogen (secondary N) is 3. The van der Waals surface area contributed by atoms with Gasteiger partial charge in [-0.3, -0.25) is 4.79 Å². The summed E-state index contributed by atoms with van der Waals surface area (Å²) in [6, 6.07) is 22.9. The highest BCUT2D eigenvalue weighted by Gasteiger charge is 2.24. The zero-order chi connectivity index (χ0) is 28.2. The van der Waals surface area contributed by atoms with E-state index in [0.29, 0.717) is 37.6 Å². The van der Waals surface area contributed by atoms with Crippen molar-refractivity contribution < 1.29 is 19.1 Å². The van der Waals surface area contributed by atoms with Gasteiger partial charge in [-0.15, -0.1) is 0 Å². The van der Waals surface area contributed by atoms with Gasteiger partial charge in [-0.05, 0) is 49.2 Å². The van der Waals surface area contributed by atoms with Gasteiger partial charge in [0.2, 0.25) is 0 Å². The molecule has 1 aliphatic heterocycles. The van der Waals surface area contributed by atoms with E-state index in [1.807, 2.05) is 67.6 Å². The fraction of sp³-hybridized carbons (Fsp3) is 0.355. The van der Waals surface area contributed by atoms with E-state index in [2.05, 4.69) is 31.8 Å². The third kappa shape index (κ3) is 7.89. The van der Waals surface area contributed by atoms with Gasteiger partial charge in [0, 0.05) is 63.9 Å². The number of carbonyl (C=O) groups excluding carboxylic acids is 2. The molecule has 0 atom stereocenters. The number of hydrogen-bond acceptors (Lipinski definition) is 6. The number of amides is 3. The van der Waals surface area contributed by atoms with E-state index in [0.717, 1.165) is 55.3 Å². The Hall–Kier alpha value is -4.24. The highest BCUT2D eigenvalue weighted by molar-refractivity contribution is 6.02. The van der Waals surface area contributed by atoms with E-state index < -0.39 is 0 Å². The van der Waals surface area contributed by atoms with Crippen molar-refractivity contribution in [3.05, 3.63) is 83.9 Å². The summed E-state index contributed by atoms with van der Waals surface area (Å²) in [5.41, 5.74) is 4.01. The van der Waals surface area contributed by atoms with Crippen LogP contribution in [-0.2, 0) is 11.3 Å². The van der Waals surface area contributed by atoms with Crippen molar-refractivity contribution in [1.82, 2.24) is 10.6 Å². The number of piperazine rings is 1. The number of urea groups is 1. The SMILES string of the molecule is CCOCCCNC(=O)c1cc(NC(=O)NCc2ccccc2)ccc1N1CCN(c2ccccc2OC)CC1. The van der Waals surface area contributed by atoms with Gasteiger partial charge in [-0.2, -0.15) is 0 Å². The number of carbonyl (C=O) groups is 2. The first-order valence-electron chi connectivity index (χ1n) is 13.8. The molecule has 212 valence electrons. The van der Waals surface area contributed by atoms with Crippen LogP contribution in [0.15, 0.2) is 72.8 Å². The van der Waals surface area contributed by atoms with Crippen molar-refractivity contribution in [3.8, 4) is 5.75 Å². The lowest BCUT2D eigenvalue weighted by molar-refractivity contribution is 0.0944. The van der Waals surface area contributed by atoms with E-state index >= 15 is 0 Å². The third-order valence-corrected chi connectivity index (χ3v) is 6.80. The first-order chi connectivity index (χ1) is 19.6. The predicted octanol–water partition coefficient (Wildman–Crippen LogP) is 4.50. The van der Waals surface area contributed by atoms with Crippen LogP contribution in [0.3, 0.4) is 0 Å². The fourth-order valence-corrected chi connectivity index (χ4v) is 4.72. The molecule has 0 aliphatic carbocycles. The quantitative estimate of drug-likeness (QED) is 0.290. The molecule has 0 bridgehead atoms. The Labute approximate surface area is 236 Å². The lowest BCUT2D eigenvalue weighted by Crippen LogP contribution is -2.47. The molecule has 4 rings (SSSR count). The molecule has 40 heavy (non-hydrogen) atoms. The molecule has 3 aromatic rings. The molecule has 0 aromatic heterocycles. The molecule has 9 nitrogen and oxygen atoms in total. The average molecular weight is 546 g/mol. The normalized spacial score (nSPS) is 13.1. The molecule has 9 heteroatoms. The summed E-state index contributed by atoms with van der Waals surface area (Å²) in [5, 5.41) is 8.75. The van der Waals surface area contributed by atoms with Gasteiger partial charge in [-0.1, -0.05) is 42.5 Å². The Balaban J connectivity index is 1.45. The molecule has 3 N–H and O–H groups in total. The Morgan fingerprint density at radius 2 is 1.55 bits per heavy atom. The number of ether oxygens (including phenoxy) is 2. The van der Waals surface area contributed by atoms with Crippen molar-refractivity contribution in [3.63, 3.8) is 0 Å². The average Bonchev–Trinajstić information content (AvgIpc) is 3.00. The van der Waals surface area contributed by atoms with Crippen LogP contribution in [0.5, 0.6) is 5.75 Å². The number of para-hydroxylation sites is 2. The highest BCUT2D eigenvalue weighted by atomic mass is 16.5. The van der Waals surface area contributed by atoms with Crippen LogP contribution in [-0.4, -0.2) is 65.0 Å². The molecular weight excluding hydrogens is 506 g/mol. The molecule has 3 amide bonds. The van der Waals surface area contributed by atoms with Crippen molar-refractivity contribution in [2.45, 2.75) is 19.9 Å². The number of hydrogen-bond donors (Lipinski definition) is 3. The Bertz CT molecular complexity index is 1250. The van der Waals surface area contributed by atoms with Gasteiger partial charge < -0.3 is 35.2 Å². The number of rotatable bonds is 12.